The Morgan fingerprint density at radius 3 is 2.79 bits per heavy atom. The quantitative estimate of drug-likeness (QED) is 0.568. The summed E-state index contributed by atoms with van der Waals surface area (Å²) in [7, 11) is 3.37. The number of nitrogens with one attached hydrogen (secondary N) is 1. The third kappa shape index (κ3) is 3.35. The number of rotatable bonds is 5. The Morgan fingerprint density at radius 2 is 2.00 bits per heavy atom. The molecule has 1 N–H and O–H groups in total. The van der Waals surface area contributed by atoms with E-state index in [2.05, 4.69) is 10.3 Å². The first-order valence-electron chi connectivity index (χ1n) is 9.38. The van der Waals surface area contributed by atoms with Gasteiger partial charge in [-0.2, -0.15) is 0 Å². The van der Waals surface area contributed by atoms with E-state index in [1.54, 1.807) is 37.1 Å². The van der Waals surface area contributed by atoms with Gasteiger partial charge in [-0.05, 0) is 42.7 Å². The number of fused-ring (bicyclic) bond motifs is 2. The topological polar surface area (TPSA) is 77.6 Å². The molecule has 0 aliphatic carbocycles. The molecule has 1 aromatic carbocycles. The molecule has 0 bridgehead atoms. The van der Waals surface area contributed by atoms with E-state index < -0.39 is 0 Å². The van der Waals surface area contributed by atoms with Crippen LogP contribution in [0.25, 0.3) is 16.7 Å². The number of ether oxygens (including phenoxy) is 1. The predicted octanol–water partition coefficient (Wildman–Crippen LogP) is 2.48. The molecule has 0 atom stereocenters. The van der Waals surface area contributed by atoms with Gasteiger partial charge >= 0.3 is 0 Å². The second-order valence-corrected chi connectivity index (χ2v) is 7.00. The Morgan fingerprint density at radius 1 is 1.21 bits per heavy atom. The second kappa shape index (κ2) is 7.43. The summed E-state index contributed by atoms with van der Waals surface area (Å²) in [6, 6.07) is 13.0. The first kappa shape index (κ1) is 18.7. The van der Waals surface area contributed by atoms with Gasteiger partial charge < -0.3 is 14.6 Å². The van der Waals surface area contributed by atoms with Gasteiger partial charge in [-0.1, -0.05) is 24.3 Å². The van der Waals surface area contributed by atoms with Gasteiger partial charge in [0.1, 0.15) is 22.7 Å². The molecular formula is C22H22N4O3. The van der Waals surface area contributed by atoms with Crippen molar-refractivity contribution in [1.29, 1.82) is 0 Å². The van der Waals surface area contributed by atoms with Crippen molar-refractivity contribution in [3.05, 3.63) is 75.8 Å². The Balaban J connectivity index is 1.61. The fourth-order valence-electron chi connectivity index (χ4n) is 3.51. The van der Waals surface area contributed by atoms with Crippen LogP contribution in [0.5, 0.6) is 5.75 Å². The van der Waals surface area contributed by atoms with E-state index in [0.717, 1.165) is 16.9 Å². The highest BCUT2D eigenvalue weighted by molar-refractivity contribution is 5.98. The standard InChI is InChI=1S/C22H22N4O3/c1-14-8-9-19-24-20-16(22(28)26(19)13-14)12-17(25(20)2)21(27)23-11-10-15-6-4-5-7-18(15)29-3/h4-9,12-13H,10-11H2,1-3H3,(H,23,27). The van der Waals surface area contributed by atoms with Crippen LogP contribution in [0.2, 0.25) is 0 Å². The summed E-state index contributed by atoms with van der Waals surface area (Å²) in [5.74, 6) is 0.551. The van der Waals surface area contributed by atoms with Gasteiger partial charge in [-0.15, -0.1) is 0 Å². The molecule has 0 spiro atoms. The summed E-state index contributed by atoms with van der Waals surface area (Å²) in [5.41, 5.74) is 3.25. The Bertz CT molecular complexity index is 1290. The summed E-state index contributed by atoms with van der Waals surface area (Å²) in [6.45, 7) is 2.37. The zero-order chi connectivity index (χ0) is 20.5. The van der Waals surface area contributed by atoms with Gasteiger partial charge in [0.05, 0.1) is 12.5 Å². The highest BCUT2D eigenvalue weighted by Gasteiger charge is 2.17. The molecule has 0 saturated heterocycles. The van der Waals surface area contributed by atoms with Crippen molar-refractivity contribution in [2.24, 2.45) is 7.05 Å². The number of hydrogen-bond acceptors (Lipinski definition) is 4. The van der Waals surface area contributed by atoms with E-state index in [4.69, 9.17) is 4.74 Å². The van der Waals surface area contributed by atoms with Crippen LogP contribution in [0.1, 0.15) is 21.6 Å². The van der Waals surface area contributed by atoms with Crippen LogP contribution in [0.3, 0.4) is 0 Å². The van der Waals surface area contributed by atoms with Gasteiger partial charge in [0.2, 0.25) is 0 Å². The number of benzene rings is 1. The molecule has 7 nitrogen and oxygen atoms in total. The zero-order valence-electron chi connectivity index (χ0n) is 16.6. The Hall–Kier alpha value is -3.61. The smallest absolute Gasteiger partial charge is 0.267 e. The summed E-state index contributed by atoms with van der Waals surface area (Å²) in [6.07, 6.45) is 2.40. The number of amides is 1. The van der Waals surface area contributed by atoms with E-state index in [1.165, 1.54) is 4.40 Å². The molecule has 0 unspecified atom stereocenters. The highest BCUT2D eigenvalue weighted by Crippen LogP contribution is 2.18. The van der Waals surface area contributed by atoms with Crippen LogP contribution in [0, 0.1) is 6.92 Å². The Kier molecular flexibility index (Phi) is 4.80. The van der Waals surface area contributed by atoms with E-state index in [0.29, 0.717) is 35.3 Å². The van der Waals surface area contributed by atoms with Crippen LogP contribution in [-0.4, -0.2) is 33.5 Å². The maximum Gasteiger partial charge on any atom is 0.267 e. The van der Waals surface area contributed by atoms with E-state index in [-0.39, 0.29) is 11.5 Å². The lowest BCUT2D eigenvalue weighted by Crippen LogP contribution is -2.27. The SMILES string of the molecule is COc1ccccc1CCNC(=O)c1cc2c(=O)n3cc(C)ccc3nc2n1C. The lowest BCUT2D eigenvalue weighted by molar-refractivity contribution is 0.0946. The monoisotopic (exact) mass is 390 g/mol. The van der Waals surface area contributed by atoms with E-state index in [1.807, 2.05) is 37.3 Å². The number of pyridine rings is 1. The van der Waals surface area contributed by atoms with Gasteiger partial charge in [0, 0.05) is 19.8 Å². The number of methoxy groups -OCH3 is 1. The van der Waals surface area contributed by atoms with Crippen molar-refractivity contribution in [2.75, 3.05) is 13.7 Å². The van der Waals surface area contributed by atoms with Crippen LogP contribution in [-0.2, 0) is 13.5 Å². The number of nitrogens with zero attached hydrogens (tertiary/aromatic N) is 3. The maximum atomic E-state index is 12.9. The molecular weight excluding hydrogens is 368 g/mol. The fraction of sp³-hybridized carbons (Fsp3) is 0.227. The van der Waals surface area contributed by atoms with Crippen LogP contribution in [0.4, 0.5) is 0 Å². The van der Waals surface area contributed by atoms with Crippen molar-refractivity contribution >= 4 is 22.6 Å². The van der Waals surface area contributed by atoms with Crippen LogP contribution in [0.15, 0.2) is 53.5 Å². The summed E-state index contributed by atoms with van der Waals surface area (Å²) in [5, 5.41) is 3.34. The molecule has 0 aliphatic rings. The molecule has 148 valence electrons. The van der Waals surface area contributed by atoms with Crippen molar-refractivity contribution in [3.8, 4) is 5.75 Å². The fourth-order valence-corrected chi connectivity index (χ4v) is 3.51. The molecule has 0 aliphatic heterocycles. The summed E-state index contributed by atoms with van der Waals surface area (Å²) in [4.78, 5) is 30.2. The lowest BCUT2D eigenvalue weighted by Gasteiger charge is -2.09. The molecule has 3 heterocycles. The van der Waals surface area contributed by atoms with Gasteiger partial charge in [0.15, 0.2) is 0 Å². The molecule has 0 saturated carbocycles. The predicted molar refractivity (Wildman–Crippen MR) is 112 cm³/mol. The number of aryl methyl sites for hydroxylation is 2. The molecule has 4 aromatic rings. The third-order valence-electron chi connectivity index (χ3n) is 5.05. The first-order chi connectivity index (χ1) is 14.0. The molecule has 29 heavy (non-hydrogen) atoms. The number of aromatic nitrogens is 3. The maximum absolute atomic E-state index is 12.9. The summed E-state index contributed by atoms with van der Waals surface area (Å²) < 4.78 is 8.52. The third-order valence-corrected chi connectivity index (χ3v) is 5.05. The summed E-state index contributed by atoms with van der Waals surface area (Å²) >= 11 is 0. The molecule has 4 rings (SSSR count). The van der Waals surface area contributed by atoms with Crippen molar-refractivity contribution in [3.63, 3.8) is 0 Å². The lowest BCUT2D eigenvalue weighted by atomic mass is 10.1. The molecule has 0 radical (unpaired) electrons. The van der Waals surface area contributed by atoms with Gasteiger partial charge in [-0.3, -0.25) is 14.0 Å². The second-order valence-electron chi connectivity index (χ2n) is 7.00. The minimum atomic E-state index is -0.245. The number of carbonyl (C=O) groups excluding carboxylic acids is 1. The van der Waals surface area contributed by atoms with Gasteiger partial charge in [-0.25, -0.2) is 4.98 Å². The minimum absolute atomic E-state index is 0.183. The molecule has 7 heteroatoms. The average molecular weight is 390 g/mol. The number of para-hydroxylation sites is 1. The molecule has 0 fully saturated rings. The van der Waals surface area contributed by atoms with Crippen LogP contribution < -0.4 is 15.6 Å². The van der Waals surface area contributed by atoms with Crippen molar-refractivity contribution < 1.29 is 9.53 Å². The largest absolute Gasteiger partial charge is 0.496 e. The number of carbonyl (C=O) groups is 1. The minimum Gasteiger partial charge on any atom is -0.496 e. The average Bonchev–Trinajstić information content (AvgIpc) is 3.06. The van der Waals surface area contributed by atoms with E-state index in [9.17, 15) is 9.59 Å². The number of hydrogen-bond donors (Lipinski definition) is 1. The Labute approximate surface area is 167 Å². The van der Waals surface area contributed by atoms with E-state index >= 15 is 0 Å². The first-order valence-corrected chi connectivity index (χ1v) is 9.38. The molecule has 3 aromatic heterocycles. The zero-order valence-corrected chi connectivity index (χ0v) is 16.6. The highest BCUT2D eigenvalue weighted by atomic mass is 16.5. The van der Waals surface area contributed by atoms with Crippen molar-refractivity contribution in [2.45, 2.75) is 13.3 Å². The van der Waals surface area contributed by atoms with Crippen molar-refractivity contribution in [1.82, 2.24) is 19.3 Å². The van der Waals surface area contributed by atoms with Gasteiger partial charge in [0.25, 0.3) is 11.5 Å². The van der Waals surface area contributed by atoms with Crippen LogP contribution >= 0.6 is 0 Å². The molecule has 1 amide bonds. The normalized spacial score (nSPS) is 11.1.